The molecule has 0 saturated carbocycles. The first-order valence-corrected chi connectivity index (χ1v) is 9.28. The molecule has 1 amide bonds. The number of nitrogens with zero attached hydrogens (tertiary/aromatic N) is 4. The zero-order valence-corrected chi connectivity index (χ0v) is 16.1. The Morgan fingerprint density at radius 1 is 1.04 bits per heavy atom. The Labute approximate surface area is 157 Å². The molecule has 6 nitrogen and oxygen atoms in total. The fourth-order valence-electron chi connectivity index (χ4n) is 2.65. The molecule has 0 radical (unpaired) electrons. The number of benzene rings is 2. The number of nitrogens with one attached hydrogen (secondary N) is 1. The molecule has 3 aromatic rings. The Morgan fingerprint density at radius 2 is 1.77 bits per heavy atom. The Bertz CT molecular complexity index is 951. The maximum absolute atomic E-state index is 12.3. The number of aromatic nitrogens is 4. The Kier molecular flexibility index (Phi) is 5.37. The van der Waals surface area contributed by atoms with Crippen LogP contribution in [0.4, 0.5) is 5.69 Å². The van der Waals surface area contributed by atoms with Crippen LogP contribution >= 0.6 is 11.8 Å². The molecule has 26 heavy (non-hydrogen) atoms. The van der Waals surface area contributed by atoms with E-state index < -0.39 is 0 Å². The van der Waals surface area contributed by atoms with Crippen molar-refractivity contribution < 1.29 is 4.79 Å². The van der Waals surface area contributed by atoms with E-state index in [-0.39, 0.29) is 11.7 Å². The van der Waals surface area contributed by atoms with Crippen molar-refractivity contribution in [1.29, 1.82) is 0 Å². The van der Waals surface area contributed by atoms with Gasteiger partial charge in [0.15, 0.2) is 0 Å². The zero-order chi connectivity index (χ0) is 18.7. The molecule has 0 atom stereocenters. The Hall–Kier alpha value is -2.67. The third-order valence-electron chi connectivity index (χ3n) is 4.02. The molecule has 1 N–H and O–H groups in total. The lowest BCUT2D eigenvalue weighted by atomic mass is 10.1. The number of amides is 1. The highest BCUT2D eigenvalue weighted by Crippen LogP contribution is 2.22. The van der Waals surface area contributed by atoms with Crippen molar-refractivity contribution in [2.75, 3.05) is 11.1 Å². The highest BCUT2D eigenvalue weighted by Gasteiger charge is 2.13. The molecule has 0 aliphatic carbocycles. The van der Waals surface area contributed by atoms with E-state index in [0.29, 0.717) is 5.16 Å². The van der Waals surface area contributed by atoms with Crippen LogP contribution in [-0.4, -0.2) is 31.9 Å². The minimum Gasteiger partial charge on any atom is -0.325 e. The van der Waals surface area contributed by atoms with E-state index in [1.165, 1.54) is 17.3 Å². The van der Waals surface area contributed by atoms with Gasteiger partial charge in [0.05, 0.1) is 11.4 Å². The van der Waals surface area contributed by atoms with Gasteiger partial charge in [0.25, 0.3) is 0 Å². The molecule has 134 valence electrons. The number of hydrogen-bond donors (Lipinski definition) is 1. The van der Waals surface area contributed by atoms with Crippen LogP contribution in [0.2, 0.25) is 0 Å². The van der Waals surface area contributed by atoms with E-state index in [2.05, 4.69) is 26.9 Å². The molecule has 0 aliphatic rings. The zero-order valence-electron chi connectivity index (χ0n) is 15.3. The number of thioether (sulfide) groups is 1. The Balaban J connectivity index is 1.70. The van der Waals surface area contributed by atoms with Crippen LogP contribution in [0.3, 0.4) is 0 Å². The van der Waals surface area contributed by atoms with E-state index in [4.69, 9.17) is 0 Å². The minimum absolute atomic E-state index is 0.0844. The van der Waals surface area contributed by atoms with Crippen molar-refractivity contribution in [3.8, 4) is 5.69 Å². The molecule has 3 rings (SSSR count). The summed E-state index contributed by atoms with van der Waals surface area (Å²) in [5.74, 6) is 0.150. The first-order chi connectivity index (χ1) is 12.4. The maximum atomic E-state index is 12.3. The van der Waals surface area contributed by atoms with E-state index in [0.717, 1.165) is 28.1 Å². The molecule has 0 fully saturated rings. The van der Waals surface area contributed by atoms with Crippen LogP contribution in [0.25, 0.3) is 5.69 Å². The van der Waals surface area contributed by atoms with E-state index in [9.17, 15) is 4.79 Å². The highest BCUT2D eigenvalue weighted by molar-refractivity contribution is 7.99. The van der Waals surface area contributed by atoms with Crippen molar-refractivity contribution in [3.63, 3.8) is 0 Å². The highest BCUT2D eigenvalue weighted by atomic mass is 32.2. The SMILES string of the molecule is Cc1ccc(-n2nnnc2SCC(=O)Nc2cc(C)ccc2C)c(C)c1. The van der Waals surface area contributed by atoms with Gasteiger partial charge >= 0.3 is 0 Å². The molecule has 0 spiro atoms. The van der Waals surface area contributed by atoms with Crippen molar-refractivity contribution in [2.24, 2.45) is 0 Å². The van der Waals surface area contributed by atoms with Crippen LogP contribution < -0.4 is 5.32 Å². The summed E-state index contributed by atoms with van der Waals surface area (Å²) in [7, 11) is 0. The second-order valence-electron chi connectivity index (χ2n) is 6.32. The predicted octanol–water partition coefficient (Wildman–Crippen LogP) is 3.63. The standard InChI is InChI=1S/C19H21N5OS/c1-12-6-8-17(15(4)9-12)24-19(21-22-23-24)26-11-18(25)20-16-10-13(2)5-7-14(16)3/h5-10H,11H2,1-4H3,(H,20,25). The van der Waals surface area contributed by atoms with E-state index in [1.54, 1.807) is 4.68 Å². The number of carbonyl (C=O) groups excluding carboxylic acids is 1. The van der Waals surface area contributed by atoms with E-state index >= 15 is 0 Å². The molecule has 0 saturated heterocycles. The lowest BCUT2D eigenvalue weighted by molar-refractivity contribution is -0.113. The number of hydrogen-bond acceptors (Lipinski definition) is 5. The minimum atomic E-state index is -0.0844. The summed E-state index contributed by atoms with van der Waals surface area (Å²) in [4.78, 5) is 12.3. The van der Waals surface area contributed by atoms with Gasteiger partial charge in [-0.05, 0) is 66.9 Å². The van der Waals surface area contributed by atoms with Crippen molar-refractivity contribution in [3.05, 3.63) is 58.7 Å². The molecule has 0 bridgehead atoms. The summed E-state index contributed by atoms with van der Waals surface area (Å²) >= 11 is 1.31. The van der Waals surface area contributed by atoms with Crippen molar-refractivity contribution >= 4 is 23.4 Å². The van der Waals surface area contributed by atoms with Gasteiger partial charge in [0, 0.05) is 5.69 Å². The molecule has 0 aliphatic heterocycles. The molecular formula is C19H21N5OS. The topological polar surface area (TPSA) is 72.7 Å². The number of carbonyl (C=O) groups is 1. The summed E-state index contributed by atoms with van der Waals surface area (Å²) in [6.07, 6.45) is 0. The summed E-state index contributed by atoms with van der Waals surface area (Å²) in [6.45, 7) is 8.04. The van der Waals surface area contributed by atoms with Gasteiger partial charge in [-0.25, -0.2) is 0 Å². The monoisotopic (exact) mass is 367 g/mol. The first kappa shape index (κ1) is 18.1. The second kappa shape index (κ2) is 7.70. The summed E-state index contributed by atoms with van der Waals surface area (Å²) in [6, 6.07) is 12.1. The van der Waals surface area contributed by atoms with Crippen molar-refractivity contribution in [2.45, 2.75) is 32.9 Å². The molecule has 1 heterocycles. The van der Waals surface area contributed by atoms with E-state index in [1.807, 2.05) is 58.0 Å². The third kappa shape index (κ3) is 4.11. The van der Waals surface area contributed by atoms with Gasteiger partial charge in [-0.15, -0.1) is 5.10 Å². The summed E-state index contributed by atoms with van der Waals surface area (Å²) in [5, 5.41) is 15.4. The number of anilines is 1. The molecular weight excluding hydrogens is 346 g/mol. The smallest absolute Gasteiger partial charge is 0.234 e. The molecule has 1 aromatic heterocycles. The fourth-order valence-corrected chi connectivity index (χ4v) is 3.33. The summed E-state index contributed by atoms with van der Waals surface area (Å²) in [5.41, 5.74) is 6.16. The summed E-state index contributed by atoms with van der Waals surface area (Å²) < 4.78 is 1.67. The largest absolute Gasteiger partial charge is 0.325 e. The average Bonchev–Trinajstić information content (AvgIpc) is 3.04. The molecule has 2 aromatic carbocycles. The molecule has 7 heteroatoms. The van der Waals surface area contributed by atoms with Gasteiger partial charge in [0.2, 0.25) is 11.1 Å². The maximum Gasteiger partial charge on any atom is 0.234 e. The van der Waals surface area contributed by atoms with Crippen LogP contribution in [-0.2, 0) is 4.79 Å². The van der Waals surface area contributed by atoms with Crippen LogP contribution in [0, 0.1) is 27.7 Å². The first-order valence-electron chi connectivity index (χ1n) is 8.30. The third-order valence-corrected chi connectivity index (χ3v) is 4.94. The van der Waals surface area contributed by atoms with Crippen LogP contribution in [0.15, 0.2) is 41.6 Å². The van der Waals surface area contributed by atoms with Gasteiger partial charge < -0.3 is 5.32 Å². The van der Waals surface area contributed by atoms with Gasteiger partial charge in [0.1, 0.15) is 0 Å². The second-order valence-corrected chi connectivity index (χ2v) is 7.26. The van der Waals surface area contributed by atoms with Gasteiger partial charge in [-0.3, -0.25) is 4.79 Å². The normalized spacial score (nSPS) is 10.8. The lowest BCUT2D eigenvalue weighted by Gasteiger charge is -2.10. The van der Waals surface area contributed by atoms with Crippen molar-refractivity contribution in [1.82, 2.24) is 20.2 Å². The Morgan fingerprint density at radius 3 is 2.54 bits per heavy atom. The van der Waals surface area contributed by atoms with Crippen LogP contribution in [0.5, 0.6) is 0 Å². The molecule has 0 unspecified atom stereocenters. The van der Waals surface area contributed by atoms with Gasteiger partial charge in [-0.2, -0.15) is 4.68 Å². The predicted molar refractivity (Wildman–Crippen MR) is 104 cm³/mol. The number of aryl methyl sites for hydroxylation is 4. The lowest BCUT2D eigenvalue weighted by Crippen LogP contribution is -2.15. The van der Waals surface area contributed by atoms with Gasteiger partial charge in [-0.1, -0.05) is 41.6 Å². The fraction of sp³-hybridized carbons (Fsp3) is 0.263. The quantitative estimate of drug-likeness (QED) is 0.697. The van der Waals surface area contributed by atoms with Crippen LogP contribution in [0.1, 0.15) is 22.3 Å². The average molecular weight is 367 g/mol. The number of tetrazole rings is 1. The number of rotatable bonds is 5.